The lowest BCUT2D eigenvalue weighted by Crippen LogP contribution is -2.37. The third-order valence-electron chi connectivity index (χ3n) is 5.07. The van der Waals surface area contributed by atoms with Crippen LogP contribution in [0.4, 0.5) is 10.1 Å². The Morgan fingerprint density at radius 1 is 1.31 bits per heavy atom. The Balaban J connectivity index is 0.000000994. The lowest BCUT2D eigenvalue weighted by molar-refractivity contribution is 0.167. The minimum atomic E-state index is -0.337. The molecule has 29 heavy (non-hydrogen) atoms. The van der Waals surface area contributed by atoms with Crippen molar-refractivity contribution in [3.8, 4) is 5.75 Å². The molecule has 0 saturated carbocycles. The van der Waals surface area contributed by atoms with Crippen LogP contribution in [0.3, 0.4) is 0 Å². The van der Waals surface area contributed by atoms with Crippen LogP contribution in [-0.4, -0.2) is 4.98 Å². The number of benzene rings is 2. The average Bonchev–Trinajstić information content (AvgIpc) is 3.32. The van der Waals surface area contributed by atoms with Gasteiger partial charge in [0.25, 0.3) is 0 Å². The number of hydrogen-bond donors (Lipinski definition) is 0. The zero-order valence-electron chi connectivity index (χ0n) is 16.4. The van der Waals surface area contributed by atoms with Crippen molar-refractivity contribution in [2.24, 2.45) is 0 Å². The highest BCUT2D eigenvalue weighted by molar-refractivity contribution is 9.10. The van der Waals surface area contributed by atoms with Crippen LogP contribution < -0.4 is 9.64 Å². The number of rotatable bonds is 2. The zero-order valence-corrected chi connectivity index (χ0v) is 19.5. The zero-order chi connectivity index (χ0) is 20.7. The Morgan fingerprint density at radius 3 is 2.83 bits per heavy atom. The van der Waals surface area contributed by atoms with E-state index in [2.05, 4.69) is 32.7 Å². The Kier molecular flexibility index (Phi) is 5.87. The molecule has 152 valence electrons. The molecule has 0 bridgehead atoms. The van der Waals surface area contributed by atoms with Gasteiger partial charge in [-0.2, -0.15) is 0 Å². The lowest BCUT2D eigenvalue weighted by atomic mass is 9.99. The van der Waals surface area contributed by atoms with Gasteiger partial charge in [-0.15, -0.1) is 11.3 Å². The van der Waals surface area contributed by atoms with E-state index >= 15 is 0 Å². The van der Waals surface area contributed by atoms with E-state index in [1.165, 1.54) is 6.07 Å². The van der Waals surface area contributed by atoms with Crippen molar-refractivity contribution in [1.29, 1.82) is 0 Å². The van der Waals surface area contributed by atoms with Gasteiger partial charge in [0, 0.05) is 21.4 Å². The van der Waals surface area contributed by atoms with E-state index in [9.17, 15) is 4.39 Å². The molecule has 0 fully saturated rings. The number of hydrogen-bond acceptors (Lipinski definition) is 4. The number of fused-ring (bicyclic) bond motifs is 5. The molecule has 2 aliphatic rings. The first-order chi connectivity index (χ1) is 14.0. The highest BCUT2D eigenvalue weighted by atomic mass is 79.9. The predicted octanol–water partition coefficient (Wildman–Crippen LogP) is 7.48. The lowest BCUT2D eigenvalue weighted by Gasteiger charge is -2.40. The molecule has 0 spiro atoms. The maximum Gasteiger partial charge on any atom is 0.210 e. The van der Waals surface area contributed by atoms with E-state index in [4.69, 9.17) is 16.3 Å². The summed E-state index contributed by atoms with van der Waals surface area (Å²) in [5.74, 6) is 0.323. The van der Waals surface area contributed by atoms with Gasteiger partial charge in [0.15, 0.2) is 0 Å². The second kappa shape index (κ2) is 8.25. The number of nitrogens with zero attached hydrogens (tertiary/aromatic N) is 2. The van der Waals surface area contributed by atoms with Crippen molar-refractivity contribution in [3.63, 3.8) is 0 Å². The fourth-order valence-corrected chi connectivity index (χ4v) is 5.42. The summed E-state index contributed by atoms with van der Waals surface area (Å²) < 4.78 is 21.9. The van der Waals surface area contributed by atoms with Crippen LogP contribution >= 0.6 is 38.9 Å². The van der Waals surface area contributed by atoms with Crippen LogP contribution in [0.5, 0.6) is 5.75 Å². The third kappa shape index (κ3) is 3.56. The maximum atomic E-state index is 14.9. The molecule has 0 amide bonds. The van der Waals surface area contributed by atoms with Crippen molar-refractivity contribution in [2.75, 3.05) is 4.90 Å². The number of aryl methyl sites for hydroxylation is 1. The summed E-state index contributed by atoms with van der Waals surface area (Å²) in [4.78, 5) is 7.68. The Morgan fingerprint density at radius 2 is 2.10 bits per heavy atom. The van der Waals surface area contributed by atoms with Crippen LogP contribution in [0.2, 0.25) is 5.02 Å². The fraction of sp³-hybridized carbons (Fsp3) is 0.318. The first kappa shape index (κ1) is 20.6. The highest BCUT2D eigenvalue weighted by Crippen LogP contribution is 2.53. The molecule has 2 unspecified atom stereocenters. The summed E-state index contributed by atoms with van der Waals surface area (Å²) in [5.41, 5.74) is 2.74. The number of anilines is 1. The average molecular weight is 496 g/mol. The standard InChI is InChI=1S/C20H15BrClFN2OS.C2H6/c1-2-18-24-9-17(27-18)20-25-14-4-3-12(22)5-10(14)6-15(25)19-13(23)7-11(21)8-16(19)26-20;1-2/h3-5,7-9,15,20H,2,6H2,1H3;1-2H3. The smallest absolute Gasteiger partial charge is 0.210 e. The van der Waals surface area contributed by atoms with Gasteiger partial charge in [0.2, 0.25) is 6.23 Å². The Hall–Kier alpha value is -1.63. The van der Waals surface area contributed by atoms with Crippen LogP contribution in [0.15, 0.2) is 41.0 Å². The SMILES string of the molecule is CC.CCc1ncc(C2Oc3cc(Br)cc(F)c3C3Cc4cc(Cl)ccc4N32)s1. The van der Waals surface area contributed by atoms with Gasteiger partial charge >= 0.3 is 0 Å². The molecule has 1 aromatic heterocycles. The first-order valence-corrected chi connectivity index (χ1v) is 11.7. The number of thiazole rings is 1. The van der Waals surface area contributed by atoms with E-state index in [0.29, 0.717) is 27.2 Å². The van der Waals surface area contributed by atoms with Gasteiger partial charge < -0.3 is 9.64 Å². The molecule has 3 aromatic rings. The van der Waals surface area contributed by atoms with E-state index < -0.39 is 0 Å². The number of ether oxygens (including phenoxy) is 1. The van der Waals surface area contributed by atoms with Crippen molar-refractivity contribution >= 4 is 44.6 Å². The van der Waals surface area contributed by atoms with E-state index in [1.54, 1.807) is 11.3 Å². The van der Waals surface area contributed by atoms with Gasteiger partial charge in [-0.1, -0.05) is 48.3 Å². The van der Waals surface area contributed by atoms with Crippen LogP contribution in [0.1, 0.15) is 54.1 Å². The van der Waals surface area contributed by atoms with E-state index in [-0.39, 0.29) is 18.1 Å². The van der Waals surface area contributed by atoms with Gasteiger partial charge in [0.1, 0.15) is 11.6 Å². The minimum Gasteiger partial charge on any atom is -0.465 e. The monoisotopic (exact) mass is 494 g/mol. The number of halogens is 3. The molecular weight excluding hydrogens is 475 g/mol. The first-order valence-electron chi connectivity index (χ1n) is 9.72. The molecule has 3 nitrogen and oxygen atoms in total. The van der Waals surface area contributed by atoms with E-state index in [1.807, 2.05) is 44.3 Å². The highest BCUT2D eigenvalue weighted by Gasteiger charge is 2.44. The largest absolute Gasteiger partial charge is 0.465 e. The summed E-state index contributed by atoms with van der Waals surface area (Å²) in [6, 6.07) is 9.05. The second-order valence-corrected chi connectivity index (χ2v) is 9.18. The molecule has 3 heterocycles. The van der Waals surface area contributed by atoms with Crippen molar-refractivity contribution in [2.45, 2.75) is 45.9 Å². The summed E-state index contributed by atoms with van der Waals surface area (Å²) in [6.45, 7) is 6.09. The minimum absolute atomic E-state index is 0.132. The van der Waals surface area contributed by atoms with Crippen molar-refractivity contribution in [1.82, 2.24) is 4.98 Å². The second-order valence-electron chi connectivity index (χ2n) is 6.68. The predicted molar refractivity (Wildman–Crippen MR) is 121 cm³/mol. The summed E-state index contributed by atoms with van der Waals surface area (Å²) in [7, 11) is 0. The van der Waals surface area contributed by atoms with Gasteiger partial charge in [-0.3, -0.25) is 0 Å². The molecule has 0 aliphatic carbocycles. The van der Waals surface area contributed by atoms with E-state index in [0.717, 1.165) is 27.6 Å². The summed E-state index contributed by atoms with van der Waals surface area (Å²) >= 11 is 11.2. The van der Waals surface area contributed by atoms with Crippen LogP contribution in [0.25, 0.3) is 0 Å². The van der Waals surface area contributed by atoms with Crippen molar-refractivity contribution in [3.05, 3.63) is 72.9 Å². The normalized spacial score (nSPS) is 18.9. The summed E-state index contributed by atoms with van der Waals surface area (Å²) in [5, 5.41) is 1.75. The molecule has 0 radical (unpaired) electrons. The fourth-order valence-electron chi connectivity index (χ4n) is 3.93. The molecule has 0 saturated heterocycles. The number of aromatic nitrogens is 1. The van der Waals surface area contributed by atoms with Gasteiger partial charge in [-0.25, -0.2) is 9.37 Å². The Labute approximate surface area is 187 Å². The van der Waals surface area contributed by atoms with Gasteiger partial charge in [-0.05, 0) is 48.7 Å². The molecule has 0 N–H and O–H groups in total. The molecule has 2 aromatic carbocycles. The molecular formula is C22H21BrClFN2OS. The van der Waals surface area contributed by atoms with Gasteiger partial charge in [0.05, 0.1) is 21.5 Å². The molecule has 7 heteroatoms. The summed E-state index contributed by atoms with van der Waals surface area (Å²) in [6.07, 6.45) is 3.11. The topological polar surface area (TPSA) is 25.4 Å². The molecule has 2 aliphatic heterocycles. The van der Waals surface area contributed by atoms with Crippen LogP contribution in [0, 0.1) is 5.82 Å². The maximum absolute atomic E-state index is 14.9. The Bertz CT molecular complexity index is 1060. The van der Waals surface area contributed by atoms with Crippen molar-refractivity contribution < 1.29 is 9.13 Å². The quantitative estimate of drug-likeness (QED) is 0.368. The molecule has 2 atom stereocenters. The molecule has 5 rings (SSSR count). The van der Waals surface area contributed by atoms with Crippen LogP contribution in [-0.2, 0) is 12.8 Å². The third-order valence-corrected chi connectivity index (χ3v) is 6.93.